The minimum atomic E-state index is -0.270. The average molecular weight is 299 g/mol. The quantitative estimate of drug-likeness (QED) is 0.670. The average Bonchev–Trinajstić information content (AvgIpc) is 2.99. The van der Waals surface area contributed by atoms with Crippen LogP contribution < -0.4 is 0 Å². The van der Waals surface area contributed by atoms with Crippen LogP contribution in [0.4, 0.5) is 4.39 Å². The fourth-order valence-electron chi connectivity index (χ4n) is 1.99. The first-order valence-corrected chi connectivity index (χ1v) is 7.62. The van der Waals surface area contributed by atoms with Crippen LogP contribution in [0.2, 0.25) is 0 Å². The van der Waals surface area contributed by atoms with E-state index in [0.29, 0.717) is 4.90 Å². The van der Waals surface area contributed by atoms with E-state index in [0.717, 1.165) is 23.4 Å². The van der Waals surface area contributed by atoms with Crippen LogP contribution in [0.3, 0.4) is 0 Å². The van der Waals surface area contributed by atoms with Gasteiger partial charge in [-0.05, 0) is 11.6 Å². The number of aryl methyl sites for hydroxylation is 1. The summed E-state index contributed by atoms with van der Waals surface area (Å²) in [6.07, 6.45) is 6.71. The number of pyridine rings is 1. The Labute approximate surface area is 126 Å². The molecule has 0 amide bonds. The maximum absolute atomic E-state index is 13.4. The Kier molecular flexibility index (Phi) is 4.31. The molecule has 0 N–H and O–H groups in total. The summed E-state index contributed by atoms with van der Waals surface area (Å²) in [5.74, 6) is 0.490. The molecule has 2 aromatic heterocycles. The Morgan fingerprint density at radius 3 is 2.71 bits per heavy atom. The van der Waals surface area contributed by atoms with Crippen LogP contribution >= 0.6 is 11.8 Å². The van der Waals surface area contributed by atoms with Gasteiger partial charge in [-0.3, -0.25) is 9.67 Å². The molecule has 0 aliphatic heterocycles. The normalized spacial score (nSPS) is 10.7. The van der Waals surface area contributed by atoms with Crippen molar-refractivity contribution in [2.75, 3.05) is 5.75 Å². The SMILES string of the molecule is Fc1cnccc1SCCn1cc(-c2ccccc2)cn1. The van der Waals surface area contributed by atoms with Crippen LogP contribution in [0.25, 0.3) is 11.1 Å². The van der Waals surface area contributed by atoms with E-state index < -0.39 is 0 Å². The maximum Gasteiger partial charge on any atom is 0.155 e. The topological polar surface area (TPSA) is 30.7 Å². The molecule has 0 saturated heterocycles. The Bertz CT molecular complexity index is 712. The highest BCUT2D eigenvalue weighted by atomic mass is 32.2. The molecule has 2 heterocycles. The van der Waals surface area contributed by atoms with E-state index >= 15 is 0 Å². The molecule has 3 nitrogen and oxygen atoms in total. The molecular weight excluding hydrogens is 285 g/mol. The number of thioether (sulfide) groups is 1. The van der Waals surface area contributed by atoms with Crippen LogP contribution in [0.1, 0.15) is 0 Å². The molecule has 21 heavy (non-hydrogen) atoms. The number of hydrogen-bond acceptors (Lipinski definition) is 3. The van der Waals surface area contributed by atoms with Gasteiger partial charge in [0, 0.05) is 28.6 Å². The molecule has 1 aromatic carbocycles. The van der Waals surface area contributed by atoms with Crippen molar-refractivity contribution in [3.8, 4) is 11.1 Å². The lowest BCUT2D eigenvalue weighted by molar-refractivity contribution is 0.594. The van der Waals surface area contributed by atoms with Gasteiger partial charge in [-0.15, -0.1) is 11.8 Å². The van der Waals surface area contributed by atoms with E-state index in [1.165, 1.54) is 18.0 Å². The van der Waals surface area contributed by atoms with Crippen LogP contribution in [0.15, 0.2) is 66.1 Å². The molecule has 0 aliphatic rings. The zero-order chi connectivity index (χ0) is 14.5. The first-order chi connectivity index (χ1) is 10.3. The first kappa shape index (κ1) is 13.8. The van der Waals surface area contributed by atoms with Gasteiger partial charge in [0.25, 0.3) is 0 Å². The molecule has 0 bridgehead atoms. The van der Waals surface area contributed by atoms with Crippen LogP contribution in [-0.2, 0) is 6.54 Å². The van der Waals surface area contributed by atoms with E-state index in [2.05, 4.69) is 22.2 Å². The molecule has 0 unspecified atom stereocenters. The number of rotatable bonds is 5. The zero-order valence-corrected chi connectivity index (χ0v) is 12.1. The summed E-state index contributed by atoms with van der Waals surface area (Å²) >= 11 is 1.47. The fraction of sp³-hybridized carbons (Fsp3) is 0.125. The van der Waals surface area contributed by atoms with E-state index in [-0.39, 0.29) is 5.82 Å². The van der Waals surface area contributed by atoms with E-state index in [1.807, 2.05) is 35.3 Å². The summed E-state index contributed by atoms with van der Waals surface area (Å²) in [6.45, 7) is 0.735. The molecule has 0 aliphatic carbocycles. The molecule has 0 fully saturated rings. The van der Waals surface area contributed by atoms with E-state index in [4.69, 9.17) is 0 Å². The maximum atomic E-state index is 13.4. The number of halogens is 1. The second-order valence-corrected chi connectivity index (χ2v) is 5.65. The Morgan fingerprint density at radius 1 is 1.05 bits per heavy atom. The second-order valence-electron chi connectivity index (χ2n) is 4.51. The summed E-state index contributed by atoms with van der Waals surface area (Å²) in [5, 5.41) is 4.34. The lowest BCUT2D eigenvalue weighted by Gasteiger charge is -2.03. The smallest absolute Gasteiger partial charge is 0.155 e. The van der Waals surface area contributed by atoms with Gasteiger partial charge in [-0.2, -0.15) is 5.10 Å². The predicted molar refractivity (Wildman–Crippen MR) is 82.6 cm³/mol. The number of nitrogens with zero attached hydrogens (tertiary/aromatic N) is 3. The minimum Gasteiger partial charge on any atom is -0.271 e. The second kappa shape index (κ2) is 6.54. The van der Waals surface area contributed by atoms with Crippen molar-refractivity contribution in [1.82, 2.24) is 14.8 Å². The predicted octanol–water partition coefficient (Wildman–Crippen LogP) is 3.88. The van der Waals surface area contributed by atoms with E-state index in [9.17, 15) is 4.39 Å². The third kappa shape index (κ3) is 3.49. The molecule has 0 radical (unpaired) electrons. The summed E-state index contributed by atoms with van der Waals surface area (Å²) < 4.78 is 15.3. The molecule has 0 spiro atoms. The minimum absolute atomic E-state index is 0.270. The molecule has 106 valence electrons. The summed E-state index contributed by atoms with van der Waals surface area (Å²) in [6, 6.07) is 11.8. The summed E-state index contributed by atoms with van der Waals surface area (Å²) in [7, 11) is 0. The molecule has 5 heteroatoms. The third-order valence-corrected chi connectivity index (χ3v) is 4.08. The van der Waals surface area contributed by atoms with Crippen molar-refractivity contribution in [3.05, 3.63) is 67.0 Å². The van der Waals surface area contributed by atoms with Gasteiger partial charge >= 0.3 is 0 Å². The number of aromatic nitrogens is 3. The molecule has 0 saturated carbocycles. The van der Waals surface area contributed by atoms with Crippen molar-refractivity contribution in [1.29, 1.82) is 0 Å². The van der Waals surface area contributed by atoms with Crippen molar-refractivity contribution in [2.24, 2.45) is 0 Å². The van der Waals surface area contributed by atoms with Gasteiger partial charge in [0.05, 0.1) is 18.9 Å². The van der Waals surface area contributed by atoms with Gasteiger partial charge in [-0.1, -0.05) is 30.3 Å². The van der Waals surface area contributed by atoms with E-state index in [1.54, 1.807) is 12.3 Å². The van der Waals surface area contributed by atoms with Crippen molar-refractivity contribution in [2.45, 2.75) is 11.4 Å². The molecular formula is C16H14FN3S. The van der Waals surface area contributed by atoms with Crippen LogP contribution in [0.5, 0.6) is 0 Å². The largest absolute Gasteiger partial charge is 0.271 e. The van der Waals surface area contributed by atoms with Gasteiger partial charge in [0.1, 0.15) is 0 Å². The third-order valence-electron chi connectivity index (χ3n) is 3.05. The monoisotopic (exact) mass is 299 g/mol. The highest BCUT2D eigenvalue weighted by Crippen LogP contribution is 2.21. The summed E-state index contributed by atoms with van der Waals surface area (Å²) in [4.78, 5) is 4.37. The summed E-state index contributed by atoms with van der Waals surface area (Å²) in [5.41, 5.74) is 2.24. The van der Waals surface area contributed by atoms with Gasteiger partial charge in [0.2, 0.25) is 0 Å². The lowest BCUT2D eigenvalue weighted by atomic mass is 10.1. The van der Waals surface area contributed by atoms with Gasteiger partial charge in [0.15, 0.2) is 5.82 Å². The van der Waals surface area contributed by atoms with Crippen molar-refractivity contribution in [3.63, 3.8) is 0 Å². The van der Waals surface area contributed by atoms with Crippen molar-refractivity contribution >= 4 is 11.8 Å². The van der Waals surface area contributed by atoms with Crippen LogP contribution in [-0.4, -0.2) is 20.5 Å². The number of hydrogen-bond donors (Lipinski definition) is 0. The fourth-order valence-corrected chi connectivity index (χ4v) is 2.84. The first-order valence-electron chi connectivity index (χ1n) is 6.63. The van der Waals surface area contributed by atoms with Gasteiger partial charge in [-0.25, -0.2) is 4.39 Å². The Morgan fingerprint density at radius 2 is 1.90 bits per heavy atom. The highest BCUT2D eigenvalue weighted by Gasteiger charge is 2.04. The Hall–Kier alpha value is -2.14. The molecule has 0 atom stereocenters. The van der Waals surface area contributed by atoms with Crippen LogP contribution in [0, 0.1) is 5.82 Å². The molecule has 3 rings (SSSR count). The standard InChI is InChI=1S/C16H14FN3S/c17-15-11-18-7-6-16(15)21-9-8-20-12-14(10-19-20)13-4-2-1-3-5-13/h1-7,10-12H,8-9H2. The van der Waals surface area contributed by atoms with Gasteiger partial charge < -0.3 is 0 Å². The Balaban J connectivity index is 1.60. The molecule has 3 aromatic rings. The van der Waals surface area contributed by atoms with Crippen molar-refractivity contribution < 1.29 is 4.39 Å². The highest BCUT2D eigenvalue weighted by molar-refractivity contribution is 7.99. The lowest BCUT2D eigenvalue weighted by Crippen LogP contribution is -2.00. The zero-order valence-electron chi connectivity index (χ0n) is 11.3. The number of benzene rings is 1.